The second kappa shape index (κ2) is 9.88. The molecule has 0 fully saturated rings. The van der Waals surface area contributed by atoms with E-state index in [1.54, 1.807) is 11.8 Å². The average molecular weight is 530 g/mol. The van der Waals surface area contributed by atoms with E-state index in [1.165, 1.54) is 11.8 Å². The number of hydrogen-bond acceptors (Lipinski definition) is 7. The lowest BCUT2D eigenvalue weighted by atomic mass is 9.95. The van der Waals surface area contributed by atoms with Crippen LogP contribution in [0.25, 0.3) is 0 Å². The first-order valence-corrected chi connectivity index (χ1v) is 12.1. The molecule has 0 bridgehead atoms. The predicted molar refractivity (Wildman–Crippen MR) is 132 cm³/mol. The Morgan fingerprint density at radius 1 is 1.24 bits per heavy atom. The maximum Gasteiger partial charge on any atom is 0.248 e. The Morgan fingerprint density at radius 2 is 2.00 bits per heavy atom. The number of nitrogens with one attached hydrogen (secondary N) is 1. The maximum atomic E-state index is 12.4. The van der Waals surface area contributed by atoms with Crippen LogP contribution in [0.3, 0.4) is 0 Å². The van der Waals surface area contributed by atoms with Gasteiger partial charge in [-0.3, -0.25) is 4.79 Å². The van der Waals surface area contributed by atoms with Gasteiger partial charge in [0.2, 0.25) is 17.0 Å². The molecule has 33 heavy (non-hydrogen) atoms. The standard InChI is InChI=1S/C23H24BrN5O3S/c1-4-33-23-27-22-26-13(2)19(21(25)30)20(29(22)28-23)15-7-10-17(18(11-15)31-3)32-12-14-5-8-16(24)9-6-14/h5-11,20H,4,12H2,1-3H3,(H2,25,30)(H,26,27,28). The molecule has 0 radical (unpaired) electrons. The number of halogens is 1. The monoisotopic (exact) mass is 529 g/mol. The molecule has 3 aromatic rings. The van der Waals surface area contributed by atoms with Crippen LogP contribution in [0.2, 0.25) is 0 Å². The summed E-state index contributed by atoms with van der Waals surface area (Å²) in [6.45, 7) is 4.24. The van der Waals surface area contributed by atoms with E-state index in [-0.39, 0.29) is 0 Å². The van der Waals surface area contributed by atoms with E-state index in [1.807, 2.05) is 56.3 Å². The molecule has 172 valence electrons. The summed E-state index contributed by atoms with van der Waals surface area (Å²) in [5.74, 6) is 2.02. The number of thioether (sulfide) groups is 1. The van der Waals surface area contributed by atoms with Crippen LogP contribution < -0.4 is 20.5 Å². The number of fused-ring (bicyclic) bond motifs is 1. The van der Waals surface area contributed by atoms with Crippen molar-refractivity contribution < 1.29 is 14.3 Å². The number of hydrogen-bond donors (Lipinski definition) is 2. The van der Waals surface area contributed by atoms with Gasteiger partial charge in [-0.15, -0.1) is 5.10 Å². The normalized spacial score (nSPS) is 15.1. The number of aromatic nitrogens is 3. The highest BCUT2D eigenvalue weighted by atomic mass is 79.9. The van der Waals surface area contributed by atoms with Gasteiger partial charge in [-0.2, -0.15) is 4.98 Å². The Labute approximate surface area is 204 Å². The minimum Gasteiger partial charge on any atom is -0.493 e. The van der Waals surface area contributed by atoms with Crippen molar-refractivity contribution >= 4 is 39.5 Å². The van der Waals surface area contributed by atoms with Gasteiger partial charge in [-0.05, 0) is 48.1 Å². The zero-order chi connectivity index (χ0) is 23.5. The SMILES string of the molecule is CCSc1nc2n(n1)C(c1ccc(OCc3ccc(Br)cc3)c(OC)c1)C(C(N)=O)=C(C)N2. The lowest BCUT2D eigenvalue weighted by molar-refractivity contribution is -0.115. The fourth-order valence-electron chi connectivity index (χ4n) is 3.66. The Morgan fingerprint density at radius 3 is 2.67 bits per heavy atom. The summed E-state index contributed by atoms with van der Waals surface area (Å²) in [7, 11) is 1.58. The summed E-state index contributed by atoms with van der Waals surface area (Å²) >= 11 is 4.96. The van der Waals surface area contributed by atoms with Gasteiger partial charge in [0.1, 0.15) is 12.6 Å². The van der Waals surface area contributed by atoms with Gasteiger partial charge in [0.05, 0.1) is 12.7 Å². The van der Waals surface area contributed by atoms with Gasteiger partial charge >= 0.3 is 0 Å². The van der Waals surface area contributed by atoms with E-state index >= 15 is 0 Å². The highest BCUT2D eigenvalue weighted by molar-refractivity contribution is 9.10. The quantitative estimate of drug-likeness (QED) is 0.413. The molecule has 1 unspecified atom stereocenters. The maximum absolute atomic E-state index is 12.4. The average Bonchev–Trinajstić information content (AvgIpc) is 3.19. The van der Waals surface area contributed by atoms with Crippen LogP contribution in [0.4, 0.5) is 5.95 Å². The van der Waals surface area contributed by atoms with E-state index < -0.39 is 11.9 Å². The van der Waals surface area contributed by atoms with Crippen LogP contribution in [0.5, 0.6) is 11.5 Å². The summed E-state index contributed by atoms with van der Waals surface area (Å²) in [5.41, 5.74) is 8.66. The molecule has 3 N–H and O–H groups in total. The first-order valence-electron chi connectivity index (χ1n) is 10.3. The molecule has 4 rings (SSSR count). The molecule has 1 atom stereocenters. The number of rotatable bonds is 8. The highest BCUT2D eigenvalue weighted by Crippen LogP contribution is 2.39. The Balaban J connectivity index is 1.69. The minimum absolute atomic E-state index is 0.396. The number of amides is 1. The smallest absolute Gasteiger partial charge is 0.248 e. The van der Waals surface area contributed by atoms with Gasteiger partial charge in [0.25, 0.3) is 0 Å². The lowest BCUT2D eigenvalue weighted by Crippen LogP contribution is -2.31. The first-order chi connectivity index (χ1) is 15.9. The highest BCUT2D eigenvalue weighted by Gasteiger charge is 2.33. The van der Waals surface area contributed by atoms with Gasteiger partial charge in [0, 0.05) is 10.2 Å². The summed E-state index contributed by atoms with van der Waals surface area (Å²) in [4.78, 5) is 16.9. The zero-order valence-corrected chi connectivity index (χ0v) is 20.9. The Hall–Kier alpha value is -2.98. The topological polar surface area (TPSA) is 104 Å². The van der Waals surface area contributed by atoms with Crippen molar-refractivity contribution in [1.82, 2.24) is 14.8 Å². The van der Waals surface area contributed by atoms with E-state index in [0.29, 0.717) is 40.5 Å². The summed E-state index contributed by atoms with van der Waals surface area (Å²) < 4.78 is 14.3. The van der Waals surface area contributed by atoms with Gasteiger partial charge < -0.3 is 20.5 Å². The largest absolute Gasteiger partial charge is 0.493 e. The molecular formula is C23H24BrN5O3S. The van der Waals surface area contributed by atoms with E-state index in [2.05, 4.69) is 31.3 Å². The Kier molecular flexibility index (Phi) is 6.94. The third-order valence-electron chi connectivity index (χ3n) is 5.18. The Bertz CT molecular complexity index is 1210. The summed E-state index contributed by atoms with van der Waals surface area (Å²) in [6.07, 6.45) is 0. The van der Waals surface area contributed by atoms with Crippen molar-refractivity contribution in [1.29, 1.82) is 0 Å². The van der Waals surface area contributed by atoms with E-state index in [0.717, 1.165) is 21.4 Å². The van der Waals surface area contributed by atoms with Crippen molar-refractivity contribution in [2.45, 2.75) is 31.7 Å². The van der Waals surface area contributed by atoms with E-state index in [4.69, 9.17) is 15.2 Å². The number of primary amides is 1. The molecular weight excluding hydrogens is 506 g/mol. The molecule has 1 aliphatic heterocycles. The number of anilines is 1. The number of carbonyl (C=O) groups excluding carboxylic acids is 1. The second-order valence-electron chi connectivity index (χ2n) is 7.35. The minimum atomic E-state index is -0.535. The second-order valence-corrected chi connectivity index (χ2v) is 9.50. The molecule has 0 aliphatic carbocycles. The molecule has 0 saturated heterocycles. The van der Waals surface area contributed by atoms with Crippen molar-refractivity contribution in [3.05, 3.63) is 69.3 Å². The number of allylic oxidation sites excluding steroid dienone is 1. The van der Waals surface area contributed by atoms with E-state index in [9.17, 15) is 4.79 Å². The predicted octanol–water partition coefficient (Wildman–Crippen LogP) is 4.51. The fraction of sp³-hybridized carbons (Fsp3) is 0.261. The van der Waals surface area contributed by atoms with Crippen molar-refractivity contribution in [2.24, 2.45) is 5.73 Å². The number of nitrogens with zero attached hydrogens (tertiary/aromatic N) is 3. The number of methoxy groups -OCH3 is 1. The first kappa shape index (κ1) is 23.2. The molecule has 0 saturated carbocycles. The summed E-state index contributed by atoms with van der Waals surface area (Å²) in [6, 6.07) is 13.0. The molecule has 1 amide bonds. The van der Waals surface area contributed by atoms with Crippen molar-refractivity contribution in [3.8, 4) is 11.5 Å². The van der Waals surface area contributed by atoms with Crippen LogP contribution >= 0.6 is 27.7 Å². The number of ether oxygens (including phenoxy) is 2. The summed E-state index contributed by atoms with van der Waals surface area (Å²) in [5, 5.41) is 8.39. The van der Waals surface area contributed by atoms with Gasteiger partial charge in [-0.1, -0.05) is 52.8 Å². The third kappa shape index (κ3) is 4.86. The van der Waals surface area contributed by atoms with Crippen LogP contribution in [0.15, 0.2) is 63.4 Å². The third-order valence-corrected chi connectivity index (χ3v) is 6.43. The zero-order valence-electron chi connectivity index (χ0n) is 18.5. The number of benzene rings is 2. The molecule has 1 aliphatic rings. The molecule has 10 heteroatoms. The number of carbonyl (C=O) groups is 1. The molecule has 0 spiro atoms. The van der Waals surface area contributed by atoms with Crippen LogP contribution in [0, 0.1) is 0 Å². The lowest BCUT2D eigenvalue weighted by Gasteiger charge is -2.28. The van der Waals surface area contributed by atoms with Gasteiger partial charge in [-0.25, -0.2) is 4.68 Å². The number of nitrogens with two attached hydrogens (primary N) is 1. The van der Waals surface area contributed by atoms with Crippen molar-refractivity contribution in [2.75, 3.05) is 18.2 Å². The van der Waals surface area contributed by atoms with Crippen molar-refractivity contribution in [3.63, 3.8) is 0 Å². The van der Waals surface area contributed by atoms with Crippen LogP contribution in [0.1, 0.15) is 31.0 Å². The van der Waals surface area contributed by atoms with Crippen LogP contribution in [-0.4, -0.2) is 33.5 Å². The van der Waals surface area contributed by atoms with Gasteiger partial charge in [0.15, 0.2) is 11.5 Å². The molecule has 1 aromatic heterocycles. The molecule has 8 nitrogen and oxygen atoms in total. The fourth-order valence-corrected chi connectivity index (χ4v) is 4.48. The van der Waals surface area contributed by atoms with Crippen LogP contribution in [-0.2, 0) is 11.4 Å². The molecule has 2 aromatic carbocycles. The molecule has 2 heterocycles.